The second-order valence-electron chi connectivity index (χ2n) is 6.43. The Morgan fingerprint density at radius 1 is 1.29 bits per heavy atom. The van der Waals surface area contributed by atoms with Gasteiger partial charge in [-0.2, -0.15) is 0 Å². The molecule has 0 spiro atoms. The van der Waals surface area contributed by atoms with E-state index in [0.717, 1.165) is 48.4 Å². The van der Waals surface area contributed by atoms with Gasteiger partial charge in [0.15, 0.2) is 0 Å². The Balaban J connectivity index is 1.64. The van der Waals surface area contributed by atoms with Crippen LogP contribution in [0.25, 0.3) is 10.4 Å². The molecule has 0 atom stereocenters. The van der Waals surface area contributed by atoms with Gasteiger partial charge in [-0.15, -0.1) is 11.3 Å². The standard InChI is InChI=1S/C18H23N3O2S/c1-12-2-4-16(24-12)14-10-20-11-15(14)18(23)21-8-6-13(7-9-21)3-5-17(19)22/h2,4,10-11,13,20H,3,5-9H2,1H3,(H2,19,22). The summed E-state index contributed by atoms with van der Waals surface area (Å²) in [5.74, 6) is 0.342. The van der Waals surface area contributed by atoms with E-state index < -0.39 is 0 Å². The van der Waals surface area contributed by atoms with Crippen LogP contribution in [0.15, 0.2) is 24.5 Å². The molecule has 1 saturated heterocycles. The number of nitrogens with one attached hydrogen (secondary N) is 1. The van der Waals surface area contributed by atoms with E-state index in [-0.39, 0.29) is 11.8 Å². The molecule has 2 aromatic rings. The predicted molar refractivity (Wildman–Crippen MR) is 95.9 cm³/mol. The highest BCUT2D eigenvalue weighted by Crippen LogP contribution is 2.32. The maximum atomic E-state index is 12.9. The van der Waals surface area contributed by atoms with Gasteiger partial charge in [0.1, 0.15) is 0 Å². The quantitative estimate of drug-likeness (QED) is 0.873. The number of likely N-dealkylation sites (tertiary alicyclic amines) is 1. The number of aryl methyl sites for hydroxylation is 1. The number of rotatable bonds is 5. The minimum absolute atomic E-state index is 0.0886. The van der Waals surface area contributed by atoms with Gasteiger partial charge in [-0.1, -0.05) is 0 Å². The van der Waals surface area contributed by atoms with E-state index in [1.807, 2.05) is 11.1 Å². The van der Waals surface area contributed by atoms with Crippen molar-refractivity contribution in [2.45, 2.75) is 32.6 Å². The molecule has 3 rings (SSSR count). The summed E-state index contributed by atoms with van der Waals surface area (Å²) in [5, 5.41) is 0. The van der Waals surface area contributed by atoms with E-state index in [9.17, 15) is 9.59 Å². The Hall–Kier alpha value is -2.08. The van der Waals surface area contributed by atoms with E-state index in [1.165, 1.54) is 4.88 Å². The van der Waals surface area contributed by atoms with Crippen molar-refractivity contribution in [1.29, 1.82) is 0 Å². The third-order valence-corrected chi connectivity index (χ3v) is 5.72. The Kier molecular flexibility index (Phi) is 5.04. The molecule has 3 N–H and O–H groups in total. The fourth-order valence-corrected chi connectivity index (χ4v) is 4.16. The summed E-state index contributed by atoms with van der Waals surface area (Å²) in [7, 11) is 0. The molecule has 0 radical (unpaired) electrons. The van der Waals surface area contributed by atoms with Crippen LogP contribution >= 0.6 is 11.3 Å². The Morgan fingerprint density at radius 2 is 2.04 bits per heavy atom. The van der Waals surface area contributed by atoms with Crippen molar-refractivity contribution < 1.29 is 9.59 Å². The summed E-state index contributed by atoms with van der Waals surface area (Å²) < 4.78 is 0. The summed E-state index contributed by atoms with van der Waals surface area (Å²) in [4.78, 5) is 31.1. The number of aromatic amines is 1. The molecule has 2 aromatic heterocycles. The number of H-pyrrole nitrogens is 1. The molecule has 1 aliphatic rings. The molecule has 5 nitrogen and oxygen atoms in total. The van der Waals surface area contributed by atoms with Crippen LogP contribution in [0.4, 0.5) is 0 Å². The van der Waals surface area contributed by atoms with Crippen molar-refractivity contribution in [2.75, 3.05) is 13.1 Å². The van der Waals surface area contributed by atoms with Crippen LogP contribution in [0.5, 0.6) is 0 Å². The van der Waals surface area contributed by atoms with Gasteiger partial charge in [-0.3, -0.25) is 9.59 Å². The zero-order valence-corrected chi connectivity index (χ0v) is 14.7. The van der Waals surface area contributed by atoms with E-state index in [2.05, 4.69) is 24.0 Å². The second-order valence-corrected chi connectivity index (χ2v) is 7.72. The van der Waals surface area contributed by atoms with Crippen LogP contribution < -0.4 is 5.73 Å². The lowest BCUT2D eigenvalue weighted by molar-refractivity contribution is -0.118. The van der Waals surface area contributed by atoms with Crippen molar-refractivity contribution in [3.05, 3.63) is 35.0 Å². The number of amides is 2. The molecule has 2 amide bonds. The lowest BCUT2D eigenvalue weighted by Crippen LogP contribution is -2.38. The number of aromatic nitrogens is 1. The SMILES string of the molecule is Cc1ccc(-c2c[nH]cc2C(=O)N2CCC(CCC(N)=O)CC2)s1. The first-order valence-electron chi connectivity index (χ1n) is 8.35. The number of hydrogen-bond acceptors (Lipinski definition) is 3. The molecule has 128 valence electrons. The third kappa shape index (κ3) is 3.70. The molecule has 6 heteroatoms. The fourth-order valence-electron chi connectivity index (χ4n) is 3.27. The lowest BCUT2D eigenvalue weighted by Gasteiger charge is -2.32. The van der Waals surface area contributed by atoms with Crippen LogP contribution in [-0.4, -0.2) is 34.8 Å². The minimum atomic E-state index is -0.239. The van der Waals surface area contributed by atoms with E-state index in [4.69, 9.17) is 5.73 Å². The Bertz CT molecular complexity index is 726. The van der Waals surface area contributed by atoms with Crippen LogP contribution in [0.2, 0.25) is 0 Å². The summed E-state index contributed by atoms with van der Waals surface area (Å²) >= 11 is 1.70. The van der Waals surface area contributed by atoms with Gasteiger partial charge in [-0.05, 0) is 44.2 Å². The molecule has 0 bridgehead atoms. The van der Waals surface area contributed by atoms with Gasteiger partial charge in [-0.25, -0.2) is 0 Å². The van der Waals surface area contributed by atoms with Gasteiger partial charge < -0.3 is 15.6 Å². The zero-order chi connectivity index (χ0) is 17.1. The van der Waals surface area contributed by atoms with Crippen molar-refractivity contribution in [2.24, 2.45) is 11.7 Å². The summed E-state index contributed by atoms with van der Waals surface area (Å²) in [5.41, 5.74) is 6.94. The molecular weight excluding hydrogens is 322 g/mol. The lowest BCUT2D eigenvalue weighted by atomic mass is 9.91. The Labute approximate surface area is 145 Å². The third-order valence-electron chi connectivity index (χ3n) is 4.68. The smallest absolute Gasteiger partial charge is 0.256 e. The summed E-state index contributed by atoms with van der Waals surface area (Å²) in [6, 6.07) is 4.14. The maximum Gasteiger partial charge on any atom is 0.256 e. The molecule has 24 heavy (non-hydrogen) atoms. The van der Waals surface area contributed by atoms with E-state index >= 15 is 0 Å². The molecule has 0 unspecified atom stereocenters. The first-order chi connectivity index (χ1) is 11.5. The molecule has 0 aliphatic carbocycles. The highest BCUT2D eigenvalue weighted by Gasteiger charge is 2.26. The fraction of sp³-hybridized carbons (Fsp3) is 0.444. The van der Waals surface area contributed by atoms with E-state index in [1.54, 1.807) is 17.5 Å². The first kappa shape index (κ1) is 16.8. The van der Waals surface area contributed by atoms with Crippen LogP contribution in [0.1, 0.15) is 40.9 Å². The number of hydrogen-bond donors (Lipinski definition) is 2. The van der Waals surface area contributed by atoms with Gasteiger partial charge in [0, 0.05) is 47.2 Å². The number of piperidine rings is 1. The van der Waals surface area contributed by atoms with Crippen LogP contribution in [0, 0.1) is 12.8 Å². The van der Waals surface area contributed by atoms with Crippen molar-refractivity contribution in [3.8, 4) is 10.4 Å². The normalized spacial score (nSPS) is 15.6. The average Bonchev–Trinajstić information content (AvgIpc) is 3.21. The number of primary amides is 1. The van der Waals surface area contributed by atoms with Crippen LogP contribution in [-0.2, 0) is 4.79 Å². The summed E-state index contributed by atoms with van der Waals surface area (Å²) in [6.45, 7) is 3.56. The van der Waals surface area contributed by atoms with E-state index in [0.29, 0.717) is 12.3 Å². The molecule has 1 aliphatic heterocycles. The topological polar surface area (TPSA) is 79.2 Å². The highest BCUT2D eigenvalue weighted by atomic mass is 32.1. The van der Waals surface area contributed by atoms with Gasteiger partial charge in [0.2, 0.25) is 5.91 Å². The maximum absolute atomic E-state index is 12.9. The predicted octanol–water partition coefficient (Wildman–Crippen LogP) is 3.17. The number of carbonyl (C=O) groups is 2. The largest absolute Gasteiger partial charge is 0.370 e. The van der Waals surface area contributed by atoms with Crippen LogP contribution in [0.3, 0.4) is 0 Å². The zero-order valence-electron chi connectivity index (χ0n) is 13.9. The number of nitrogens with two attached hydrogens (primary N) is 1. The van der Waals surface area contributed by atoms with Gasteiger partial charge in [0.05, 0.1) is 5.56 Å². The molecule has 0 aromatic carbocycles. The Morgan fingerprint density at radius 3 is 2.67 bits per heavy atom. The van der Waals surface area contributed by atoms with Gasteiger partial charge in [0.25, 0.3) is 5.91 Å². The van der Waals surface area contributed by atoms with Crippen molar-refractivity contribution in [1.82, 2.24) is 9.88 Å². The highest BCUT2D eigenvalue weighted by molar-refractivity contribution is 7.15. The molecule has 3 heterocycles. The number of thiophene rings is 1. The summed E-state index contributed by atoms with van der Waals surface area (Å²) in [6.07, 6.45) is 6.86. The first-order valence-corrected chi connectivity index (χ1v) is 9.17. The van der Waals surface area contributed by atoms with Gasteiger partial charge >= 0.3 is 0 Å². The molecule has 0 saturated carbocycles. The molecule has 1 fully saturated rings. The van der Waals surface area contributed by atoms with Crippen molar-refractivity contribution in [3.63, 3.8) is 0 Å². The minimum Gasteiger partial charge on any atom is -0.370 e. The average molecular weight is 345 g/mol. The van der Waals surface area contributed by atoms with Crippen molar-refractivity contribution >= 4 is 23.2 Å². The number of nitrogens with zero attached hydrogens (tertiary/aromatic N) is 1. The number of carbonyl (C=O) groups excluding carboxylic acids is 2. The second kappa shape index (κ2) is 7.21. The molecular formula is C18H23N3O2S. The monoisotopic (exact) mass is 345 g/mol.